The Kier molecular flexibility index (Phi) is 3.77. The lowest BCUT2D eigenvalue weighted by Gasteiger charge is -2.16. The summed E-state index contributed by atoms with van der Waals surface area (Å²) in [4.78, 5) is 12.0. The summed E-state index contributed by atoms with van der Waals surface area (Å²) in [6.45, 7) is 4.29. The van der Waals surface area contributed by atoms with Crippen LogP contribution >= 0.6 is 0 Å². The number of aryl methyl sites for hydroxylation is 2. The second-order valence-corrected chi connectivity index (χ2v) is 3.89. The lowest BCUT2D eigenvalue weighted by atomic mass is 10.0. The normalized spacial score (nSPS) is 10.0. The maximum Gasteiger partial charge on any atom is 0.407 e. The predicted octanol–water partition coefficient (Wildman–Crippen LogP) is 2.42. The first-order chi connectivity index (χ1) is 7.45. The summed E-state index contributed by atoms with van der Waals surface area (Å²) in [6.07, 6.45) is -0.923. The van der Waals surface area contributed by atoms with E-state index in [-0.39, 0.29) is 0 Å². The van der Waals surface area contributed by atoms with Crippen molar-refractivity contribution < 1.29 is 14.6 Å². The first kappa shape index (κ1) is 12.4. The standard InChI is InChI=1S/C12H17NO3/c1-8-6-11(16-4)9(2)5-10(8)7-13(3)12(14)15/h5-6H,7H2,1-4H3,(H,14,15). The Morgan fingerprint density at radius 3 is 2.50 bits per heavy atom. The summed E-state index contributed by atoms with van der Waals surface area (Å²) < 4.78 is 5.20. The van der Waals surface area contributed by atoms with Crippen LogP contribution in [0, 0.1) is 13.8 Å². The van der Waals surface area contributed by atoms with Crippen LogP contribution in [0.2, 0.25) is 0 Å². The molecule has 1 amide bonds. The molecule has 0 fully saturated rings. The van der Waals surface area contributed by atoms with Gasteiger partial charge in [0.25, 0.3) is 0 Å². The number of carbonyl (C=O) groups is 1. The van der Waals surface area contributed by atoms with Crippen LogP contribution in [0.3, 0.4) is 0 Å². The van der Waals surface area contributed by atoms with Crippen LogP contribution in [0.25, 0.3) is 0 Å². The molecule has 4 heteroatoms. The highest BCUT2D eigenvalue weighted by Crippen LogP contribution is 2.23. The van der Waals surface area contributed by atoms with E-state index in [0.717, 1.165) is 22.4 Å². The number of ether oxygens (including phenoxy) is 1. The topological polar surface area (TPSA) is 49.8 Å². The Balaban J connectivity index is 2.98. The lowest BCUT2D eigenvalue weighted by Crippen LogP contribution is -2.24. The molecule has 16 heavy (non-hydrogen) atoms. The average molecular weight is 223 g/mol. The minimum atomic E-state index is -0.923. The fourth-order valence-corrected chi connectivity index (χ4v) is 1.56. The van der Waals surface area contributed by atoms with E-state index in [9.17, 15) is 4.79 Å². The molecular weight excluding hydrogens is 206 g/mol. The van der Waals surface area contributed by atoms with E-state index in [4.69, 9.17) is 9.84 Å². The molecule has 88 valence electrons. The maximum atomic E-state index is 10.7. The summed E-state index contributed by atoms with van der Waals surface area (Å²) in [5.74, 6) is 0.833. The lowest BCUT2D eigenvalue weighted by molar-refractivity contribution is 0.153. The van der Waals surface area contributed by atoms with Gasteiger partial charge in [-0.1, -0.05) is 6.07 Å². The summed E-state index contributed by atoms with van der Waals surface area (Å²) in [7, 11) is 3.19. The molecule has 0 radical (unpaired) electrons. The first-order valence-corrected chi connectivity index (χ1v) is 5.04. The molecule has 0 unspecified atom stereocenters. The molecule has 0 saturated carbocycles. The first-order valence-electron chi connectivity index (χ1n) is 5.04. The van der Waals surface area contributed by atoms with Crippen molar-refractivity contribution in [1.29, 1.82) is 0 Å². The zero-order valence-corrected chi connectivity index (χ0v) is 10.1. The fraction of sp³-hybridized carbons (Fsp3) is 0.417. The summed E-state index contributed by atoms with van der Waals surface area (Å²) >= 11 is 0. The number of amides is 1. The zero-order valence-electron chi connectivity index (χ0n) is 10.1. The van der Waals surface area contributed by atoms with E-state index in [1.807, 2.05) is 26.0 Å². The zero-order chi connectivity index (χ0) is 12.3. The fourth-order valence-electron chi connectivity index (χ4n) is 1.56. The number of hydrogen-bond acceptors (Lipinski definition) is 2. The van der Waals surface area contributed by atoms with Gasteiger partial charge in [0, 0.05) is 13.6 Å². The molecular formula is C12H17NO3. The Morgan fingerprint density at radius 2 is 2.00 bits per heavy atom. The van der Waals surface area contributed by atoms with Crippen LogP contribution in [0.15, 0.2) is 12.1 Å². The van der Waals surface area contributed by atoms with Crippen molar-refractivity contribution in [2.75, 3.05) is 14.2 Å². The van der Waals surface area contributed by atoms with E-state index in [1.165, 1.54) is 4.90 Å². The largest absolute Gasteiger partial charge is 0.496 e. The average Bonchev–Trinajstić information content (AvgIpc) is 2.22. The van der Waals surface area contributed by atoms with E-state index in [0.29, 0.717) is 6.54 Å². The minimum absolute atomic E-state index is 0.395. The van der Waals surface area contributed by atoms with E-state index in [2.05, 4.69) is 0 Å². The van der Waals surface area contributed by atoms with Gasteiger partial charge in [0.05, 0.1) is 7.11 Å². The number of methoxy groups -OCH3 is 1. The molecule has 1 aromatic carbocycles. The summed E-state index contributed by atoms with van der Waals surface area (Å²) in [5, 5.41) is 8.81. The quantitative estimate of drug-likeness (QED) is 0.856. The molecule has 1 rings (SSSR count). The van der Waals surface area contributed by atoms with Gasteiger partial charge < -0.3 is 14.7 Å². The van der Waals surface area contributed by atoms with Crippen LogP contribution < -0.4 is 4.74 Å². The van der Waals surface area contributed by atoms with Crippen LogP contribution in [0.1, 0.15) is 16.7 Å². The Hall–Kier alpha value is -1.71. The van der Waals surface area contributed by atoms with Gasteiger partial charge in [0.1, 0.15) is 5.75 Å². The predicted molar refractivity (Wildman–Crippen MR) is 62.0 cm³/mol. The van der Waals surface area contributed by atoms with Crippen molar-refractivity contribution >= 4 is 6.09 Å². The molecule has 0 bridgehead atoms. The highest BCUT2D eigenvalue weighted by molar-refractivity contribution is 5.64. The monoisotopic (exact) mass is 223 g/mol. The van der Waals surface area contributed by atoms with Crippen LogP contribution in [-0.2, 0) is 6.54 Å². The van der Waals surface area contributed by atoms with Gasteiger partial charge in [-0.15, -0.1) is 0 Å². The van der Waals surface area contributed by atoms with Crippen LogP contribution in [-0.4, -0.2) is 30.3 Å². The van der Waals surface area contributed by atoms with Crippen molar-refractivity contribution in [3.05, 3.63) is 28.8 Å². The molecule has 0 aliphatic heterocycles. The molecule has 4 nitrogen and oxygen atoms in total. The maximum absolute atomic E-state index is 10.7. The van der Waals surface area contributed by atoms with E-state index >= 15 is 0 Å². The Morgan fingerprint density at radius 1 is 1.38 bits per heavy atom. The van der Waals surface area contributed by atoms with Crippen LogP contribution in [0.4, 0.5) is 4.79 Å². The number of hydrogen-bond donors (Lipinski definition) is 1. The third-order valence-corrected chi connectivity index (χ3v) is 2.59. The minimum Gasteiger partial charge on any atom is -0.496 e. The number of carboxylic acid groups (broad SMARTS) is 1. The molecule has 1 aromatic rings. The SMILES string of the molecule is COc1cc(C)c(CN(C)C(=O)O)cc1C. The molecule has 0 saturated heterocycles. The van der Waals surface area contributed by atoms with Crippen LogP contribution in [0.5, 0.6) is 5.75 Å². The number of rotatable bonds is 3. The van der Waals surface area contributed by atoms with E-state index < -0.39 is 6.09 Å². The molecule has 0 aliphatic rings. The Bertz CT molecular complexity index is 401. The molecule has 0 heterocycles. The van der Waals surface area contributed by atoms with Gasteiger partial charge in [0.15, 0.2) is 0 Å². The van der Waals surface area contributed by atoms with Gasteiger partial charge in [-0.25, -0.2) is 4.79 Å². The molecule has 0 atom stereocenters. The van der Waals surface area contributed by atoms with E-state index in [1.54, 1.807) is 14.2 Å². The number of benzene rings is 1. The van der Waals surface area contributed by atoms with Crippen molar-refractivity contribution in [3.63, 3.8) is 0 Å². The third-order valence-electron chi connectivity index (χ3n) is 2.59. The summed E-state index contributed by atoms with van der Waals surface area (Å²) in [6, 6.07) is 3.90. The van der Waals surface area contributed by atoms with Gasteiger partial charge >= 0.3 is 6.09 Å². The van der Waals surface area contributed by atoms with Gasteiger partial charge in [-0.2, -0.15) is 0 Å². The van der Waals surface area contributed by atoms with Crippen molar-refractivity contribution in [2.24, 2.45) is 0 Å². The smallest absolute Gasteiger partial charge is 0.407 e. The third kappa shape index (κ3) is 2.66. The highest BCUT2D eigenvalue weighted by atomic mass is 16.5. The Labute approximate surface area is 95.5 Å². The van der Waals surface area contributed by atoms with Crippen molar-refractivity contribution in [2.45, 2.75) is 20.4 Å². The number of nitrogens with zero attached hydrogens (tertiary/aromatic N) is 1. The van der Waals surface area contributed by atoms with Crippen molar-refractivity contribution in [3.8, 4) is 5.75 Å². The van der Waals surface area contributed by atoms with Gasteiger partial charge in [0.2, 0.25) is 0 Å². The molecule has 1 N–H and O–H groups in total. The second-order valence-electron chi connectivity index (χ2n) is 3.89. The summed E-state index contributed by atoms with van der Waals surface area (Å²) in [5.41, 5.74) is 3.06. The molecule has 0 spiro atoms. The molecule has 0 aliphatic carbocycles. The molecule has 0 aromatic heterocycles. The highest BCUT2D eigenvalue weighted by Gasteiger charge is 2.10. The van der Waals surface area contributed by atoms with Gasteiger partial charge in [-0.05, 0) is 36.6 Å². The van der Waals surface area contributed by atoms with Crippen molar-refractivity contribution in [1.82, 2.24) is 4.90 Å². The second kappa shape index (κ2) is 4.88. The van der Waals surface area contributed by atoms with Gasteiger partial charge in [-0.3, -0.25) is 0 Å².